The van der Waals surface area contributed by atoms with Gasteiger partial charge in [0.2, 0.25) is 0 Å². The summed E-state index contributed by atoms with van der Waals surface area (Å²) in [5, 5.41) is 3.53. The highest BCUT2D eigenvalue weighted by atomic mass is 15.0. The molecule has 1 rings (SSSR count). The lowest BCUT2D eigenvalue weighted by molar-refractivity contribution is 0.391. The highest BCUT2D eigenvalue weighted by molar-refractivity contribution is 5.14. The van der Waals surface area contributed by atoms with Crippen molar-refractivity contribution in [2.24, 2.45) is 0 Å². The van der Waals surface area contributed by atoms with Crippen LogP contribution in [0.5, 0.6) is 0 Å². The van der Waals surface area contributed by atoms with Crippen LogP contribution in [0.1, 0.15) is 31.2 Å². The van der Waals surface area contributed by atoms with E-state index in [1.165, 1.54) is 50.8 Å². The van der Waals surface area contributed by atoms with Crippen molar-refractivity contribution in [3.63, 3.8) is 0 Å². The first kappa shape index (κ1) is 15.2. The molecule has 2 nitrogen and oxygen atoms in total. The summed E-state index contributed by atoms with van der Waals surface area (Å²) in [4.78, 5) is 2.25. The Bertz CT molecular complexity index is 282. The average molecular weight is 248 g/mol. The van der Waals surface area contributed by atoms with E-state index in [2.05, 4.69) is 54.6 Å². The Morgan fingerprint density at radius 2 is 1.56 bits per heavy atom. The van der Waals surface area contributed by atoms with E-state index < -0.39 is 0 Å². The summed E-state index contributed by atoms with van der Waals surface area (Å²) < 4.78 is 0. The second kappa shape index (κ2) is 10.1. The van der Waals surface area contributed by atoms with Crippen molar-refractivity contribution in [2.45, 2.75) is 32.1 Å². The number of unbranched alkanes of at least 4 members (excludes halogenated alkanes) is 2. The highest BCUT2D eigenvalue weighted by Crippen LogP contribution is 2.03. The molecule has 102 valence electrons. The quantitative estimate of drug-likeness (QED) is 0.640. The molecule has 18 heavy (non-hydrogen) atoms. The van der Waals surface area contributed by atoms with Gasteiger partial charge in [-0.1, -0.05) is 30.3 Å². The van der Waals surface area contributed by atoms with E-state index in [1.54, 1.807) is 0 Å². The van der Waals surface area contributed by atoms with Crippen molar-refractivity contribution in [3.8, 4) is 0 Å². The molecule has 0 aliphatic rings. The summed E-state index contributed by atoms with van der Waals surface area (Å²) in [5.74, 6) is 0. The maximum atomic E-state index is 3.53. The second-order valence-electron chi connectivity index (χ2n) is 5.20. The Hall–Kier alpha value is -0.860. The van der Waals surface area contributed by atoms with Crippen molar-refractivity contribution >= 4 is 0 Å². The van der Waals surface area contributed by atoms with Gasteiger partial charge < -0.3 is 10.2 Å². The van der Waals surface area contributed by atoms with Crippen LogP contribution in [0.25, 0.3) is 0 Å². The van der Waals surface area contributed by atoms with Crippen LogP contribution in [-0.4, -0.2) is 38.6 Å². The van der Waals surface area contributed by atoms with Crippen LogP contribution in [-0.2, 0) is 6.42 Å². The van der Waals surface area contributed by atoms with Gasteiger partial charge in [0.05, 0.1) is 0 Å². The lowest BCUT2D eigenvalue weighted by Gasteiger charge is -2.09. The first-order chi connectivity index (χ1) is 8.79. The van der Waals surface area contributed by atoms with E-state index in [9.17, 15) is 0 Å². The van der Waals surface area contributed by atoms with Gasteiger partial charge in [-0.25, -0.2) is 0 Å². The Morgan fingerprint density at radius 3 is 2.22 bits per heavy atom. The minimum absolute atomic E-state index is 1.16. The lowest BCUT2D eigenvalue weighted by Crippen LogP contribution is -2.19. The van der Waals surface area contributed by atoms with E-state index in [1.807, 2.05) is 0 Å². The molecule has 1 N–H and O–H groups in total. The predicted molar refractivity (Wildman–Crippen MR) is 80.0 cm³/mol. The molecule has 0 atom stereocenters. The first-order valence-corrected chi connectivity index (χ1v) is 7.18. The van der Waals surface area contributed by atoms with Crippen molar-refractivity contribution < 1.29 is 0 Å². The molecule has 0 aromatic heterocycles. The van der Waals surface area contributed by atoms with Gasteiger partial charge in [0.25, 0.3) is 0 Å². The van der Waals surface area contributed by atoms with Gasteiger partial charge in [0.1, 0.15) is 0 Å². The molecular formula is C16H28N2. The van der Waals surface area contributed by atoms with Crippen molar-refractivity contribution in [1.82, 2.24) is 10.2 Å². The fourth-order valence-corrected chi connectivity index (χ4v) is 2.03. The van der Waals surface area contributed by atoms with Gasteiger partial charge in [-0.2, -0.15) is 0 Å². The zero-order chi connectivity index (χ0) is 13.1. The van der Waals surface area contributed by atoms with Crippen molar-refractivity contribution in [3.05, 3.63) is 35.9 Å². The molecule has 1 aromatic carbocycles. The molecule has 2 heteroatoms. The third kappa shape index (κ3) is 8.26. The van der Waals surface area contributed by atoms with Gasteiger partial charge in [0.15, 0.2) is 0 Å². The van der Waals surface area contributed by atoms with Gasteiger partial charge >= 0.3 is 0 Å². The third-order valence-corrected chi connectivity index (χ3v) is 3.12. The molecule has 0 radical (unpaired) electrons. The standard InChI is InChI=1S/C16H28N2/c1-18(2)15-9-8-14-17-13-7-6-12-16-10-4-3-5-11-16/h3-5,10-11,17H,6-9,12-15H2,1-2H3. The number of aryl methyl sites for hydroxylation is 1. The van der Waals surface area contributed by atoms with Crippen molar-refractivity contribution in [2.75, 3.05) is 33.7 Å². The molecule has 0 unspecified atom stereocenters. The van der Waals surface area contributed by atoms with Gasteiger partial charge in [0, 0.05) is 0 Å². The summed E-state index contributed by atoms with van der Waals surface area (Å²) in [6, 6.07) is 10.8. The minimum Gasteiger partial charge on any atom is -0.317 e. The molecule has 0 saturated heterocycles. The maximum Gasteiger partial charge on any atom is -0.00244 e. The SMILES string of the molecule is CN(C)CCCCNCCCCc1ccccc1. The molecule has 0 spiro atoms. The molecule has 1 aromatic rings. The average Bonchev–Trinajstić information content (AvgIpc) is 2.37. The fraction of sp³-hybridized carbons (Fsp3) is 0.625. The van der Waals surface area contributed by atoms with Crippen LogP contribution in [0.3, 0.4) is 0 Å². The van der Waals surface area contributed by atoms with Crippen LogP contribution in [0.4, 0.5) is 0 Å². The highest BCUT2D eigenvalue weighted by Gasteiger charge is 1.93. The number of hydrogen-bond acceptors (Lipinski definition) is 2. The first-order valence-electron chi connectivity index (χ1n) is 7.18. The lowest BCUT2D eigenvalue weighted by atomic mass is 10.1. The molecule has 0 saturated carbocycles. The maximum absolute atomic E-state index is 3.53. The van der Waals surface area contributed by atoms with E-state index in [4.69, 9.17) is 0 Å². The minimum atomic E-state index is 1.16. The summed E-state index contributed by atoms with van der Waals surface area (Å²) in [5.41, 5.74) is 1.46. The van der Waals surface area contributed by atoms with Crippen LogP contribution in [0.15, 0.2) is 30.3 Å². The Morgan fingerprint density at radius 1 is 0.889 bits per heavy atom. The molecule has 0 fully saturated rings. The number of benzene rings is 1. The van der Waals surface area contributed by atoms with Gasteiger partial charge in [-0.3, -0.25) is 0 Å². The fourth-order valence-electron chi connectivity index (χ4n) is 2.03. The number of rotatable bonds is 10. The molecule has 0 amide bonds. The molecule has 0 heterocycles. The normalized spacial score (nSPS) is 11.1. The topological polar surface area (TPSA) is 15.3 Å². The van der Waals surface area contributed by atoms with E-state index in [0.29, 0.717) is 0 Å². The Labute approximate surface area is 112 Å². The zero-order valence-corrected chi connectivity index (χ0v) is 12.0. The molecule has 0 bridgehead atoms. The van der Waals surface area contributed by atoms with Gasteiger partial charge in [-0.05, 0) is 71.4 Å². The zero-order valence-electron chi connectivity index (χ0n) is 12.0. The van der Waals surface area contributed by atoms with Crippen LogP contribution < -0.4 is 5.32 Å². The predicted octanol–water partition coefficient (Wildman–Crippen LogP) is 2.94. The Kier molecular flexibility index (Phi) is 8.53. The second-order valence-corrected chi connectivity index (χ2v) is 5.20. The summed E-state index contributed by atoms with van der Waals surface area (Å²) in [6.07, 6.45) is 6.36. The monoisotopic (exact) mass is 248 g/mol. The summed E-state index contributed by atoms with van der Waals surface area (Å²) in [6.45, 7) is 3.53. The van der Waals surface area contributed by atoms with Crippen LogP contribution >= 0.6 is 0 Å². The third-order valence-electron chi connectivity index (χ3n) is 3.12. The molecule has 0 aliphatic heterocycles. The largest absolute Gasteiger partial charge is 0.317 e. The van der Waals surface area contributed by atoms with Crippen molar-refractivity contribution in [1.29, 1.82) is 0 Å². The summed E-state index contributed by atoms with van der Waals surface area (Å²) in [7, 11) is 4.27. The Balaban J connectivity index is 1.84. The van der Waals surface area contributed by atoms with E-state index in [0.717, 1.165) is 6.54 Å². The smallest absolute Gasteiger partial charge is 0.00244 e. The molecule has 0 aliphatic carbocycles. The number of nitrogens with one attached hydrogen (secondary N) is 1. The number of hydrogen-bond donors (Lipinski definition) is 1. The van der Waals surface area contributed by atoms with Crippen LogP contribution in [0.2, 0.25) is 0 Å². The van der Waals surface area contributed by atoms with Crippen LogP contribution in [0, 0.1) is 0 Å². The molecular weight excluding hydrogens is 220 g/mol. The number of nitrogens with zero attached hydrogens (tertiary/aromatic N) is 1. The van der Waals surface area contributed by atoms with E-state index >= 15 is 0 Å². The summed E-state index contributed by atoms with van der Waals surface area (Å²) >= 11 is 0. The van der Waals surface area contributed by atoms with E-state index in [-0.39, 0.29) is 0 Å². The van der Waals surface area contributed by atoms with Gasteiger partial charge in [-0.15, -0.1) is 0 Å².